The number of nitrogens with zero attached hydrogens (tertiary/aromatic N) is 2. The van der Waals surface area contributed by atoms with Crippen LogP contribution in [0.5, 0.6) is 0 Å². The van der Waals surface area contributed by atoms with Crippen LogP contribution in [0.25, 0.3) is 0 Å². The maximum atomic E-state index is 12.9. The van der Waals surface area contributed by atoms with Crippen LogP contribution < -0.4 is 10.9 Å². The number of hydrogen-bond acceptors (Lipinski definition) is 5. The number of Topliss-reactive ketones (excluding diaryl/α,β-unsaturated/α-hetero) is 1. The van der Waals surface area contributed by atoms with Gasteiger partial charge in [0, 0.05) is 49.9 Å². The molecule has 1 aliphatic heterocycles. The smallest absolute Gasteiger partial charge is 0.261 e. The van der Waals surface area contributed by atoms with Crippen molar-refractivity contribution in [2.75, 3.05) is 32.7 Å². The van der Waals surface area contributed by atoms with Crippen molar-refractivity contribution in [2.45, 2.75) is 45.6 Å². The number of amides is 2. The van der Waals surface area contributed by atoms with Gasteiger partial charge in [0.05, 0.1) is 6.54 Å². The molecule has 0 unspecified atom stereocenters. The van der Waals surface area contributed by atoms with Crippen LogP contribution >= 0.6 is 0 Å². The first kappa shape index (κ1) is 19.8. The largest absolute Gasteiger partial charge is 0.352 e. The Kier molecular flexibility index (Phi) is 5.06. The lowest BCUT2D eigenvalue weighted by atomic mass is 9.75. The number of hydrogen-bond donors (Lipinski definition) is 2. The van der Waals surface area contributed by atoms with Crippen molar-refractivity contribution < 1.29 is 14.4 Å². The summed E-state index contributed by atoms with van der Waals surface area (Å²) in [6, 6.07) is 1.82. The monoisotopic (exact) mass is 400 g/mol. The average Bonchev–Trinajstić information content (AvgIpc) is 3.44. The standard InChI is InChI=1S/C21H28N4O4/c1-21(2)10-16-14(17(26)11-21)9-15(19(28)23-16)20(29)25-7-5-24(6-8-25)12-18(27)22-13-3-4-13/h9,13H,3-8,10-12H2,1-2H3,(H,22,27)(H,23,28). The second-order valence-corrected chi connectivity index (χ2v) is 9.26. The number of aromatic amines is 1. The molecule has 2 amide bonds. The summed E-state index contributed by atoms with van der Waals surface area (Å²) in [4.78, 5) is 56.3. The first-order valence-electron chi connectivity index (χ1n) is 10.3. The maximum Gasteiger partial charge on any atom is 0.261 e. The van der Waals surface area contributed by atoms with Gasteiger partial charge in [-0.2, -0.15) is 0 Å². The van der Waals surface area contributed by atoms with Gasteiger partial charge in [0.25, 0.3) is 11.5 Å². The Balaban J connectivity index is 1.41. The second kappa shape index (κ2) is 7.40. The van der Waals surface area contributed by atoms with Crippen LogP contribution in [0.3, 0.4) is 0 Å². The molecule has 2 aliphatic carbocycles. The molecule has 2 heterocycles. The summed E-state index contributed by atoms with van der Waals surface area (Å²) in [5.74, 6) is -0.360. The van der Waals surface area contributed by atoms with Gasteiger partial charge < -0.3 is 15.2 Å². The van der Waals surface area contributed by atoms with Crippen molar-refractivity contribution in [3.8, 4) is 0 Å². The Morgan fingerprint density at radius 1 is 1.14 bits per heavy atom. The normalized spacial score (nSPS) is 21.6. The van der Waals surface area contributed by atoms with Gasteiger partial charge in [0.15, 0.2) is 5.78 Å². The van der Waals surface area contributed by atoms with E-state index in [2.05, 4.69) is 10.3 Å². The number of carbonyl (C=O) groups excluding carboxylic acids is 3. The quantitative estimate of drug-likeness (QED) is 0.769. The topological polar surface area (TPSA) is 103 Å². The number of carbonyl (C=O) groups is 3. The molecule has 2 fully saturated rings. The van der Waals surface area contributed by atoms with E-state index in [0.717, 1.165) is 12.8 Å². The minimum absolute atomic E-state index is 0.0248. The highest BCUT2D eigenvalue weighted by Gasteiger charge is 2.34. The second-order valence-electron chi connectivity index (χ2n) is 9.26. The minimum atomic E-state index is -0.439. The summed E-state index contributed by atoms with van der Waals surface area (Å²) in [5, 5.41) is 2.97. The van der Waals surface area contributed by atoms with Gasteiger partial charge in [0.1, 0.15) is 5.56 Å². The van der Waals surface area contributed by atoms with Crippen LogP contribution in [0.2, 0.25) is 0 Å². The lowest BCUT2D eigenvalue weighted by molar-refractivity contribution is -0.122. The van der Waals surface area contributed by atoms with E-state index in [-0.39, 0.29) is 28.6 Å². The Morgan fingerprint density at radius 3 is 2.48 bits per heavy atom. The van der Waals surface area contributed by atoms with Crippen molar-refractivity contribution in [3.63, 3.8) is 0 Å². The number of piperazine rings is 1. The molecular weight excluding hydrogens is 372 g/mol. The molecule has 0 atom stereocenters. The van der Waals surface area contributed by atoms with E-state index in [9.17, 15) is 19.2 Å². The fraction of sp³-hybridized carbons (Fsp3) is 0.619. The van der Waals surface area contributed by atoms with Gasteiger partial charge in [-0.05, 0) is 30.7 Å². The summed E-state index contributed by atoms with van der Waals surface area (Å²) < 4.78 is 0. The lowest BCUT2D eigenvalue weighted by Crippen LogP contribution is -2.52. The molecule has 0 bridgehead atoms. The Hall–Kier alpha value is -2.48. The van der Waals surface area contributed by atoms with Crippen molar-refractivity contribution in [2.24, 2.45) is 5.41 Å². The SMILES string of the molecule is CC1(C)CC(=O)c2cc(C(=O)N3CCN(CC(=O)NC4CC4)CC3)c(=O)[nH]c2C1. The molecule has 0 spiro atoms. The Bertz CT molecular complexity index is 908. The third kappa shape index (κ3) is 4.42. The summed E-state index contributed by atoms with van der Waals surface area (Å²) >= 11 is 0. The molecule has 8 nitrogen and oxygen atoms in total. The van der Waals surface area contributed by atoms with E-state index in [1.165, 1.54) is 6.07 Å². The molecule has 1 aromatic heterocycles. The molecule has 0 aromatic carbocycles. The Labute approximate surface area is 169 Å². The number of aromatic nitrogens is 1. The summed E-state index contributed by atoms with van der Waals surface area (Å²) in [5.41, 5.74) is 0.477. The van der Waals surface area contributed by atoms with E-state index in [4.69, 9.17) is 0 Å². The molecule has 156 valence electrons. The minimum Gasteiger partial charge on any atom is -0.352 e. The van der Waals surface area contributed by atoms with Crippen LogP contribution in [0.4, 0.5) is 0 Å². The van der Waals surface area contributed by atoms with Crippen molar-refractivity contribution in [1.82, 2.24) is 20.1 Å². The van der Waals surface area contributed by atoms with E-state index in [1.807, 2.05) is 18.7 Å². The van der Waals surface area contributed by atoms with Crippen LogP contribution in [-0.2, 0) is 11.2 Å². The van der Waals surface area contributed by atoms with Gasteiger partial charge >= 0.3 is 0 Å². The fourth-order valence-electron chi connectivity index (χ4n) is 4.17. The zero-order valence-electron chi connectivity index (χ0n) is 17.0. The highest BCUT2D eigenvalue weighted by Crippen LogP contribution is 2.33. The molecule has 0 radical (unpaired) electrons. The fourth-order valence-corrected chi connectivity index (χ4v) is 4.17. The number of ketones is 1. The van der Waals surface area contributed by atoms with Gasteiger partial charge in [-0.1, -0.05) is 13.8 Å². The number of fused-ring (bicyclic) bond motifs is 1. The number of rotatable bonds is 4. The summed E-state index contributed by atoms with van der Waals surface area (Å²) in [7, 11) is 0. The van der Waals surface area contributed by atoms with E-state index in [0.29, 0.717) is 62.9 Å². The van der Waals surface area contributed by atoms with Crippen LogP contribution in [0, 0.1) is 5.41 Å². The van der Waals surface area contributed by atoms with E-state index >= 15 is 0 Å². The first-order chi connectivity index (χ1) is 13.7. The molecule has 4 rings (SSSR count). The van der Waals surface area contributed by atoms with Gasteiger partial charge in [0.2, 0.25) is 5.91 Å². The third-order valence-corrected chi connectivity index (χ3v) is 5.92. The number of H-pyrrole nitrogens is 1. The van der Waals surface area contributed by atoms with Crippen LogP contribution in [-0.4, -0.2) is 71.1 Å². The van der Waals surface area contributed by atoms with Crippen molar-refractivity contribution in [3.05, 3.63) is 33.2 Å². The van der Waals surface area contributed by atoms with E-state index in [1.54, 1.807) is 4.90 Å². The predicted octanol–water partition coefficient (Wildman–Crippen LogP) is 0.566. The zero-order valence-corrected chi connectivity index (χ0v) is 17.0. The van der Waals surface area contributed by atoms with Crippen molar-refractivity contribution in [1.29, 1.82) is 0 Å². The number of nitrogens with one attached hydrogen (secondary N) is 2. The van der Waals surface area contributed by atoms with E-state index < -0.39 is 5.56 Å². The third-order valence-electron chi connectivity index (χ3n) is 5.92. The molecule has 3 aliphatic rings. The molecular formula is C21H28N4O4. The molecule has 8 heteroatoms. The van der Waals surface area contributed by atoms with Crippen LogP contribution in [0.1, 0.15) is 59.5 Å². The molecule has 29 heavy (non-hydrogen) atoms. The van der Waals surface area contributed by atoms with Gasteiger partial charge in [-0.25, -0.2) is 0 Å². The van der Waals surface area contributed by atoms with Gasteiger partial charge in [-0.15, -0.1) is 0 Å². The van der Waals surface area contributed by atoms with Crippen LogP contribution in [0.15, 0.2) is 10.9 Å². The molecule has 1 saturated carbocycles. The zero-order chi connectivity index (χ0) is 20.8. The number of pyridine rings is 1. The summed E-state index contributed by atoms with van der Waals surface area (Å²) in [6.07, 6.45) is 3.13. The highest BCUT2D eigenvalue weighted by molar-refractivity contribution is 6.02. The first-order valence-corrected chi connectivity index (χ1v) is 10.3. The summed E-state index contributed by atoms with van der Waals surface area (Å²) in [6.45, 7) is 6.40. The molecule has 2 N–H and O–H groups in total. The average molecular weight is 400 g/mol. The predicted molar refractivity (Wildman–Crippen MR) is 107 cm³/mol. The van der Waals surface area contributed by atoms with Gasteiger partial charge in [-0.3, -0.25) is 24.1 Å². The molecule has 1 aromatic rings. The maximum absolute atomic E-state index is 12.9. The molecule has 1 saturated heterocycles. The lowest BCUT2D eigenvalue weighted by Gasteiger charge is -2.34. The highest BCUT2D eigenvalue weighted by atomic mass is 16.2. The van der Waals surface area contributed by atoms with Crippen molar-refractivity contribution >= 4 is 17.6 Å². The Morgan fingerprint density at radius 2 is 1.83 bits per heavy atom.